The lowest BCUT2D eigenvalue weighted by Gasteiger charge is -2.10. The van der Waals surface area contributed by atoms with Crippen LogP contribution < -0.4 is 24.6 Å². The minimum absolute atomic E-state index is 0.0924. The van der Waals surface area contributed by atoms with Gasteiger partial charge in [-0.3, -0.25) is 0 Å². The molecule has 0 saturated carbocycles. The van der Waals surface area contributed by atoms with E-state index in [1.54, 1.807) is 47.2 Å². The first kappa shape index (κ1) is 36.9. The Bertz CT molecular complexity index is 2180. The molecular weight excluding hydrogens is 702 g/mol. The molecule has 17 nitrogen and oxygen atoms in total. The molecule has 2 aromatic heterocycles. The van der Waals surface area contributed by atoms with Crippen molar-refractivity contribution in [2.24, 2.45) is 7.05 Å². The lowest BCUT2D eigenvalue weighted by atomic mass is 10.2. The first-order valence-corrected chi connectivity index (χ1v) is 16.4. The second kappa shape index (κ2) is 16.0. The van der Waals surface area contributed by atoms with Crippen LogP contribution in [0.4, 0.5) is 4.79 Å². The Hall–Kier alpha value is -5.88. The van der Waals surface area contributed by atoms with Crippen molar-refractivity contribution in [2.75, 3.05) is 13.7 Å². The van der Waals surface area contributed by atoms with Crippen LogP contribution in [-0.2, 0) is 26.6 Å². The zero-order chi connectivity index (χ0) is 36.6. The van der Waals surface area contributed by atoms with E-state index in [2.05, 4.69) is 14.8 Å². The van der Waals surface area contributed by atoms with E-state index in [-0.39, 0.29) is 24.3 Å². The van der Waals surface area contributed by atoms with E-state index in [1.165, 1.54) is 32.2 Å². The van der Waals surface area contributed by atoms with Gasteiger partial charge in [0.1, 0.15) is 21.9 Å². The fraction of sp³-hybridized carbons (Fsp3) is 0.226. The van der Waals surface area contributed by atoms with Gasteiger partial charge in [-0.05, 0) is 61.9 Å². The van der Waals surface area contributed by atoms with Crippen LogP contribution in [0, 0.1) is 0 Å². The van der Waals surface area contributed by atoms with E-state index in [1.807, 2.05) is 6.92 Å². The quantitative estimate of drug-likeness (QED) is 0.182. The lowest BCUT2D eigenvalue weighted by Crippen LogP contribution is -2.40. The largest absolute Gasteiger partial charge is 0.479 e. The van der Waals surface area contributed by atoms with Gasteiger partial charge in [-0.1, -0.05) is 30.7 Å². The van der Waals surface area contributed by atoms with Crippen LogP contribution >= 0.6 is 11.6 Å². The van der Waals surface area contributed by atoms with Gasteiger partial charge in [0.2, 0.25) is 0 Å². The summed E-state index contributed by atoms with van der Waals surface area (Å²) in [6.45, 7) is 3.56. The molecular formula is C31H30ClN5O12S. The number of carboxylic acid groups (broad SMARTS) is 1. The normalized spacial score (nSPS) is 11.5. The molecule has 5 aromatic rings. The second-order valence-electron chi connectivity index (χ2n) is 10.0. The monoisotopic (exact) mass is 731 g/mol. The zero-order valence-electron chi connectivity index (χ0n) is 26.9. The van der Waals surface area contributed by atoms with Gasteiger partial charge in [-0.15, -0.1) is 9.78 Å². The van der Waals surface area contributed by atoms with Gasteiger partial charge in [0.25, 0.3) is 10.0 Å². The third-order valence-corrected chi connectivity index (χ3v) is 8.01. The standard InChI is InChI=1S/C16H12ClNO5.C15H18N4O7S/c1-9(15(19)20)21-11-3-5-12(6-4-11)22-16-18-13-7-2-10(17)8-14(13)23-16;1-4-9-26-14-16-19(15(22)18(14)2)13(21)17-27(23,24)11-8-6-5-7-10(11)12(20)25-3/h2-9H,1H3,(H,19,20);5-8H,4,9H2,1-3H3,(H,17,21). The molecule has 5 rings (SSSR count). The number of carbonyl (C=O) groups is 3. The number of nitrogens with zero attached hydrogens (tertiary/aromatic N) is 4. The number of sulfonamides is 1. The number of benzene rings is 3. The SMILES string of the molecule is CC(Oc1ccc(Oc2nc3ccc(Cl)cc3o2)cc1)C(=O)O.CCCOc1nn(C(=O)NS(=O)(=O)c2ccccc2C(=O)OC)c(=O)n1C. The van der Waals surface area contributed by atoms with Gasteiger partial charge in [-0.2, -0.15) is 4.98 Å². The number of rotatable bonds is 11. The minimum Gasteiger partial charge on any atom is -0.479 e. The number of aliphatic carboxylic acids is 1. The summed E-state index contributed by atoms with van der Waals surface area (Å²) in [7, 11) is -2.06. The summed E-state index contributed by atoms with van der Waals surface area (Å²) >= 11 is 5.88. The predicted octanol–water partition coefficient (Wildman–Crippen LogP) is 4.23. The molecule has 50 heavy (non-hydrogen) atoms. The number of fused-ring (bicyclic) bond motifs is 1. The maximum Gasteiger partial charge on any atom is 0.400 e. The van der Waals surface area contributed by atoms with E-state index >= 15 is 0 Å². The van der Waals surface area contributed by atoms with Gasteiger partial charge in [0, 0.05) is 18.1 Å². The molecule has 0 spiro atoms. The van der Waals surface area contributed by atoms with Gasteiger partial charge in [0.15, 0.2) is 11.7 Å². The summed E-state index contributed by atoms with van der Waals surface area (Å²) in [5.41, 5.74) is 0.0121. The molecule has 0 aliphatic heterocycles. The third kappa shape index (κ3) is 8.97. The summed E-state index contributed by atoms with van der Waals surface area (Å²) < 4.78 is 54.0. The summed E-state index contributed by atoms with van der Waals surface area (Å²) in [6, 6.07) is 15.3. The first-order chi connectivity index (χ1) is 23.7. The molecule has 1 unspecified atom stereocenters. The van der Waals surface area contributed by atoms with Gasteiger partial charge in [-0.25, -0.2) is 36.9 Å². The van der Waals surface area contributed by atoms with Crippen molar-refractivity contribution in [2.45, 2.75) is 31.3 Å². The molecule has 1 amide bonds. The number of oxazole rings is 1. The fourth-order valence-corrected chi connectivity index (χ4v) is 5.21. The number of nitrogens with one attached hydrogen (secondary N) is 1. The van der Waals surface area contributed by atoms with Crippen molar-refractivity contribution in [3.63, 3.8) is 0 Å². The van der Waals surface area contributed by atoms with Crippen LogP contribution in [0.25, 0.3) is 11.1 Å². The van der Waals surface area contributed by atoms with E-state index in [9.17, 15) is 27.6 Å². The number of amides is 1. The third-order valence-electron chi connectivity index (χ3n) is 6.39. The molecule has 264 valence electrons. The Morgan fingerprint density at radius 3 is 2.40 bits per heavy atom. The predicted molar refractivity (Wildman–Crippen MR) is 175 cm³/mol. The lowest BCUT2D eigenvalue weighted by molar-refractivity contribution is -0.144. The van der Waals surface area contributed by atoms with Crippen LogP contribution in [-0.4, -0.2) is 70.6 Å². The van der Waals surface area contributed by atoms with Crippen LogP contribution in [0.1, 0.15) is 30.6 Å². The molecule has 0 fully saturated rings. The number of ether oxygens (including phenoxy) is 4. The van der Waals surface area contributed by atoms with Crippen molar-refractivity contribution in [1.29, 1.82) is 0 Å². The van der Waals surface area contributed by atoms with Crippen molar-refractivity contribution < 1.29 is 51.3 Å². The number of methoxy groups -OCH3 is 1. The number of hydrogen-bond donors (Lipinski definition) is 2. The Morgan fingerprint density at radius 2 is 1.74 bits per heavy atom. The maximum absolute atomic E-state index is 12.5. The highest BCUT2D eigenvalue weighted by atomic mass is 35.5. The number of carboxylic acids is 1. The number of esters is 1. The molecule has 0 saturated heterocycles. The smallest absolute Gasteiger partial charge is 0.400 e. The summed E-state index contributed by atoms with van der Waals surface area (Å²) in [5.74, 6) is -1.02. The van der Waals surface area contributed by atoms with Gasteiger partial charge >= 0.3 is 35.7 Å². The molecule has 3 aromatic carbocycles. The molecule has 0 bridgehead atoms. The highest BCUT2D eigenvalue weighted by Gasteiger charge is 2.27. The Labute approximate surface area is 288 Å². The molecule has 0 aliphatic rings. The highest BCUT2D eigenvalue weighted by molar-refractivity contribution is 7.90. The Morgan fingerprint density at radius 1 is 1.06 bits per heavy atom. The average molecular weight is 732 g/mol. The number of hydrogen-bond acceptors (Lipinski definition) is 13. The van der Waals surface area contributed by atoms with E-state index in [0.29, 0.717) is 38.7 Å². The molecule has 2 N–H and O–H groups in total. The summed E-state index contributed by atoms with van der Waals surface area (Å²) in [4.78, 5) is 50.6. The van der Waals surface area contributed by atoms with E-state index in [4.69, 9.17) is 35.3 Å². The van der Waals surface area contributed by atoms with Gasteiger partial charge < -0.3 is 28.5 Å². The number of halogens is 1. The summed E-state index contributed by atoms with van der Waals surface area (Å²) in [6.07, 6.45) is -0.190. The summed E-state index contributed by atoms with van der Waals surface area (Å²) in [5, 5.41) is 13.0. The highest BCUT2D eigenvalue weighted by Crippen LogP contribution is 2.28. The maximum atomic E-state index is 12.5. The van der Waals surface area contributed by atoms with Crippen molar-refractivity contribution in [3.8, 4) is 23.6 Å². The number of aromatic nitrogens is 4. The van der Waals surface area contributed by atoms with Crippen molar-refractivity contribution >= 4 is 50.7 Å². The minimum atomic E-state index is -4.48. The Balaban J connectivity index is 0.000000227. The van der Waals surface area contributed by atoms with E-state index < -0.39 is 44.7 Å². The van der Waals surface area contributed by atoms with E-state index in [0.717, 1.165) is 17.7 Å². The molecule has 0 radical (unpaired) electrons. The average Bonchev–Trinajstić information content (AvgIpc) is 3.62. The topological polar surface area (TPSA) is 220 Å². The van der Waals surface area contributed by atoms with Crippen molar-refractivity contribution in [1.82, 2.24) is 24.1 Å². The van der Waals surface area contributed by atoms with Crippen LogP contribution in [0.5, 0.6) is 23.6 Å². The zero-order valence-corrected chi connectivity index (χ0v) is 28.4. The number of carbonyl (C=O) groups excluding carboxylic acids is 2. The fourth-order valence-electron chi connectivity index (χ4n) is 3.93. The Kier molecular flexibility index (Phi) is 11.8. The van der Waals surface area contributed by atoms with Gasteiger partial charge in [0.05, 0.1) is 19.3 Å². The molecule has 0 aliphatic carbocycles. The van der Waals surface area contributed by atoms with Crippen molar-refractivity contribution in [3.05, 3.63) is 87.8 Å². The van der Waals surface area contributed by atoms with Crippen LogP contribution in [0.3, 0.4) is 0 Å². The second-order valence-corrected chi connectivity index (χ2v) is 12.1. The van der Waals surface area contributed by atoms with Crippen LogP contribution in [0.2, 0.25) is 5.02 Å². The molecule has 1 atom stereocenters. The first-order valence-electron chi connectivity index (χ1n) is 14.5. The molecule has 2 heterocycles. The molecule has 19 heteroatoms. The van der Waals surface area contributed by atoms with Crippen LogP contribution in [0.15, 0.2) is 80.8 Å².